The Morgan fingerprint density at radius 1 is 1.15 bits per heavy atom. The van der Waals surface area contributed by atoms with E-state index in [-0.39, 0.29) is 5.69 Å². The van der Waals surface area contributed by atoms with E-state index in [4.69, 9.17) is 5.11 Å². The Labute approximate surface area is 114 Å². The molecule has 0 bridgehead atoms. The molecule has 3 aromatic heterocycles. The van der Waals surface area contributed by atoms with Crippen LogP contribution in [0.15, 0.2) is 55.0 Å². The molecule has 3 heterocycles. The van der Waals surface area contributed by atoms with Crippen molar-refractivity contribution < 1.29 is 9.90 Å². The molecule has 0 amide bonds. The first-order valence-electron chi connectivity index (χ1n) is 5.91. The first-order valence-corrected chi connectivity index (χ1v) is 5.91. The van der Waals surface area contributed by atoms with Gasteiger partial charge >= 0.3 is 5.97 Å². The van der Waals surface area contributed by atoms with Crippen molar-refractivity contribution in [3.05, 3.63) is 60.7 Å². The smallest absolute Gasteiger partial charge is 0.356 e. The lowest BCUT2D eigenvalue weighted by atomic mass is 10.2. The second-order valence-corrected chi connectivity index (χ2v) is 4.06. The highest BCUT2D eigenvalue weighted by molar-refractivity contribution is 5.87. The van der Waals surface area contributed by atoms with Crippen LogP contribution in [-0.4, -0.2) is 30.8 Å². The maximum absolute atomic E-state index is 11.1. The van der Waals surface area contributed by atoms with Crippen LogP contribution >= 0.6 is 0 Å². The van der Waals surface area contributed by atoms with Gasteiger partial charge in [0.05, 0.1) is 5.69 Å². The zero-order valence-electron chi connectivity index (χ0n) is 10.3. The van der Waals surface area contributed by atoms with Gasteiger partial charge in [0.2, 0.25) is 0 Å². The average Bonchev–Trinajstić information content (AvgIpc) is 2.94. The minimum Gasteiger partial charge on any atom is -0.476 e. The number of hydrogen-bond donors (Lipinski definition) is 1. The summed E-state index contributed by atoms with van der Waals surface area (Å²) >= 11 is 0. The van der Waals surface area contributed by atoms with Gasteiger partial charge < -0.3 is 5.11 Å². The molecule has 0 saturated heterocycles. The number of aromatic carboxylic acids is 1. The van der Waals surface area contributed by atoms with Crippen LogP contribution < -0.4 is 0 Å². The second kappa shape index (κ2) is 4.93. The van der Waals surface area contributed by atoms with Gasteiger partial charge in [-0.3, -0.25) is 4.98 Å². The average molecular weight is 266 g/mol. The largest absolute Gasteiger partial charge is 0.476 e. The third-order valence-corrected chi connectivity index (χ3v) is 2.75. The van der Waals surface area contributed by atoms with Crippen molar-refractivity contribution in [1.82, 2.24) is 19.7 Å². The predicted octanol–water partition coefficient (Wildman–Crippen LogP) is 2.03. The molecule has 0 aliphatic heterocycles. The molecule has 6 heteroatoms. The molecule has 0 atom stereocenters. The van der Waals surface area contributed by atoms with Gasteiger partial charge in [-0.2, -0.15) is 5.10 Å². The van der Waals surface area contributed by atoms with Crippen molar-refractivity contribution in [1.29, 1.82) is 0 Å². The highest BCUT2D eigenvalue weighted by Gasteiger charge is 2.16. The maximum Gasteiger partial charge on any atom is 0.356 e. The molecular weight excluding hydrogens is 256 g/mol. The summed E-state index contributed by atoms with van der Waals surface area (Å²) in [6.45, 7) is 0. The van der Waals surface area contributed by atoms with Crippen molar-refractivity contribution in [2.24, 2.45) is 0 Å². The molecular formula is C14H10N4O2. The van der Waals surface area contributed by atoms with Gasteiger partial charge in [-0.1, -0.05) is 6.07 Å². The Hall–Kier alpha value is -3.02. The topological polar surface area (TPSA) is 80.9 Å². The van der Waals surface area contributed by atoms with Crippen molar-refractivity contribution in [3.63, 3.8) is 0 Å². The minimum atomic E-state index is -1.08. The van der Waals surface area contributed by atoms with E-state index in [0.29, 0.717) is 11.5 Å². The molecule has 0 aromatic carbocycles. The summed E-state index contributed by atoms with van der Waals surface area (Å²) < 4.78 is 1.50. The van der Waals surface area contributed by atoms with Gasteiger partial charge in [0.1, 0.15) is 0 Å². The predicted molar refractivity (Wildman–Crippen MR) is 71.5 cm³/mol. The molecule has 0 radical (unpaired) electrons. The molecule has 98 valence electrons. The number of carbonyl (C=O) groups is 1. The Kier molecular flexibility index (Phi) is 2.96. The van der Waals surface area contributed by atoms with Crippen LogP contribution in [0.5, 0.6) is 0 Å². The van der Waals surface area contributed by atoms with Crippen LogP contribution in [0.1, 0.15) is 10.5 Å². The van der Waals surface area contributed by atoms with E-state index in [1.54, 1.807) is 36.8 Å². The number of carboxylic acids is 1. The van der Waals surface area contributed by atoms with Crippen molar-refractivity contribution in [2.45, 2.75) is 0 Å². The fourth-order valence-electron chi connectivity index (χ4n) is 1.86. The van der Waals surface area contributed by atoms with Crippen molar-refractivity contribution in [3.8, 4) is 17.1 Å². The van der Waals surface area contributed by atoms with Crippen molar-refractivity contribution >= 4 is 5.97 Å². The summed E-state index contributed by atoms with van der Waals surface area (Å²) in [6, 6.07) is 10.5. The number of rotatable bonds is 3. The third-order valence-electron chi connectivity index (χ3n) is 2.75. The van der Waals surface area contributed by atoms with Gasteiger partial charge in [0.25, 0.3) is 0 Å². The fourth-order valence-corrected chi connectivity index (χ4v) is 1.86. The Balaban J connectivity index is 2.20. The molecule has 20 heavy (non-hydrogen) atoms. The number of carboxylic acid groups (broad SMARTS) is 1. The fraction of sp³-hybridized carbons (Fsp3) is 0. The lowest BCUT2D eigenvalue weighted by Gasteiger charge is -2.05. The lowest BCUT2D eigenvalue weighted by Crippen LogP contribution is -2.03. The third kappa shape index (κ3) is 2.14. The van der Waals surface area contributed by atoms with E-state index in [0.717, 1.165) is 5.56 Å². The SMILES string of the molecule is O=C(O)c1cc(-c2cccnc2)n(-c2ccccn2)n1. The van der Waals surface area contributed by atoms with Crippen LogP contribution in [0.25, 0.3) is 17.1 Å². The number of hydrogen-bond acceptors (Lipinski definition) is 4. The first kappa shape index (κ1) is 12.0. The van der Waals surface area contributed by atoms with Crippen molar-refractivity contribution in [2.75, 3.05) is 0 Å². The van der Waals surface area contributed by atoms with E-state index in [1.165, 1.54) is 10.7 Å². The molecule has 3 rings (SSSR count). The van der Waals surface area contributed by atoms with Gasteiger partial charge in [-0.05, 0) is 30.3 Å². The van der Waals surface area contributed by atoms with E-state index in [1.807, 2.05) is 12.1 Å². The van der Waals surface area contributed by atoms with Crippen LogP contribution in [-0.2, 0) is 0 Å². The summed E-state index contributed by atoms with van der Waals surface area (Å²) in [7, 11) is 0. The maximum atomic E-state index is 11.1. The summed E-state index contributed by atoms with van der Waals surface area (Å²) in [6.07, 6.45) is 4.94. The van der Waals surface area contributed by atoms with Crippen LogP contribution in [0.3, 0.4) is 0 Å². The Morgan fingerprint density at radius 2 is 2.05 bits per heavy atom. The summed E-state index contributed by atoms with van der Waals surface area (Å²) in [5.74, 6) is -0.524. The number of nitrogens with zero attached hydrogens (tertiary/aromatic N) is 4. The lowest BCUT2D eigenvalue weighted by molar-refractivity contribution is 0.0690. The molecule has 0 unspecified atom stereocenters. The number of aromatic nitrogens is 4. The van der Waals surface area contributed by atoms with E-state index in [2.05, 4.69) is 15.1 Å². The molecule has 0 aliphatic rings. The first-order chi connectivity index (χ1) is 9.75. The van der Waals surface area contributed by atoms with Crippen LogP contribution in [0.4, 0.5) is 0 Å². The van der Waals surface area contributed by atoms with E-state index < -0.39 is 5.97 Å². The van der Waals surface area contributed by atoms with Gasteiger partial charge in [0, 0.05) is 24.2 Å². The molecule has 0 spiro atoms. The van der Waals surface area contributed by atoms with Crippen LogP contribution in [0, 0.1) is 0 Å². The summed E-state index contributed by atoms with van der Waals surface area (Å²) in [5, 5.41) is 13.2. The normalized spacial score (nSPS) is 10.4. The second-order valence-electron chi connectivity index (χ2n) is 4.06. The molecule has 0 fully saturated rings. The quantitative estimate of drug-likeness (QED) is 0.784. The van der Waals surface area contributed by atoms with Crippen LogP contribution in [0.2, 0.25) is 0 Å². The molecule has 3 aromatic rings. The Morgan fingerprint density at radius 3 is 2.70 bits per heavy atom. The minimum absolute atomic E-state index is 0.0329. The number of pyridine rings is 2. The van der Waals surface area contributed by atoms with Gasteiger partial charge in [0.15, 0.2) is 11.5 Å². The van der Waals surface area contributed by atoms with E-state index in [9.17, 15) is 4.79 Å². The molecule has 0 saturated carbocycles. The summed E-state index contributed by atoms with van der Waals surface area (Å²) in [4.78, 5) is 19.4. The molecule has 1 N–H and O–H groups in total. The molecule has 6 nitrogen and oxygen atoms in total. The van der Waals surface area contributed by atoms with Gasteiger partial charge in [-0.15, -0.1) is 0 Å². The highest BCUT2D eigenvalue weighted by atomic mass is 16.4. The summed E-state index contributed by atoms with van der Waals surface area (Å²) in [5.41, 5.74) is 1.38. The highest BCUT2D eigenvalue weighted by Crippen LogP contribution is 2.22. The standard InChI is InChI=1S/C14H10N4O2/c19-14(20)11-8-12(10-4-3-6-15-9-10)18(17-11)13-5-1-2-7-16-13/h1-9H,(H,19,20). The monoisotopic (exact) mass is 266 g/mol. The Bertz CT molecular complexity index is 681. The zero-order valence-corrected chi connectivity index (χ0v) is 10.3. The molecule has 0 aliphatic carbocycles. The van der Waals surface area contributed by atoms with Gasteiger partial charge in [-0.25, -0.2) is 14.5 Å². The van der Waals surface area contributed by atoms with E-state index >= 15 is 0 Å². The zero-order chi connectivity index (χ0) is 13.9.